The first-order chi connectivity index (χ1) is 13.1. The van der Waals surface area contributed by atoms with Crippen LogP contribution in [0.3, 0.4) is 0 Å². The fourth-order valence-electron chi connectivity index (χ4n) is 2.58. The summed E-state index contributed by atoms with van der Waals surface area (Å²) in [4.78, 5) is 24.4. The van der Waals surface area contributed by atoms with Crippen LogP contribution in [0.2, 0.25) is 0 Å². The smallest absolute Gasteiger partial charge is 0.324 e. The van der Waals surface area contributed by atoms with Gasteiger partial charge in [0.1, 0.15) is 11.8 Å². The van der Waals surface area contributed by atoms with Crippen molar-refractivity contribution >= 4 is 21.8 Å². The third kappa shape index (κ3) is 4.79. The van der Waals surface area contributed by atoms with Crippen molar-refractivity contribution in [1.29, 1.82) is 0 Å². The van der Waals surface area contributed by atoms with E-state index in [2.05, 4.69) is 4.72 Å². The number of aryl methyl sites for hydroxylation is 1. The zero-order valence-electron chi connectivity index (χ0n) is 16.5. The first kappa shape index (κ1) is 21.6. The van der Waals surface area contributed by atoms with Crippen LogP contribution >= 0.6 is 0 Å². The molecule has 2 rings (SSSR count). The van der Waals surface area contributed by atoms with Gasteiger partial charge in [0.25, 0.3) is 0 Å². The maximum atomic E-state index is 12.4. The van der Waals surface area contributed by atoms with Gasteiger partial charge in [-0.15, -0.1) is 0 Å². The molecule has 1 N–H and O–H groups in total. The summed E-state index contributed by atoms with van der Waals surface area (Å²) >= 11 is 0. The molecule has 152 valence electrons. The van der Waals surface area contributed by atoms with Crippen molar-refractivity contribution in [1.82, 2.24) is 9.29 Å². The van der Waals surface area contributed by atoms with Crippen molar-refractivity contribution in [2.75, 3.05) is 13.7 Å². The lowest BCUT2D eigenvalue weighted by Gasteiger charge is -2.14. The molecule has 1 atom stereocenters. The van der Waals surface area contributed by atoms with Crippen LogP contribution in [0, 0.1) is 13.8 Å². The number of ketones is 1. The van der Waals surface area contributed by atoms with Crippen molar-refractivity contribution in [3.63, 3.8) is 0 Å². The van der Waals surface area contributed by atoms with E-state index in [0.717, 1.165) is 11.4 Å². The Balaban J connectivity index is 1.98. The van der Waals surface area contributed by atoms with Crippen molar-refractivity contribution in [3.05, 3.63) is 47.3 Å². The van der Waals surface area contributed by atoms with Gasteiger partial charge in [0.2, 0.25) is 15.8 Å². The van der Waals surface area contributed by atoms with E-state index >= 15 is 0 Å². The van der Waals surface area contributed by atoms with Crippen molar-refractivity contribution in [2.45, 2.75) is 31.7 Å². The summed E-state index contributed by atoms with van der Waals surface area (Å²) in [6, 6.07) is 6.30. The summed E-state index contributed by atoms with van der Waals surface area (Å²) in [5.41, 5.74) is 2.15. The average molecular weight is 408 g/mol. The molecular formula is C19H24N2O6S. The number of methoxy groups -OCH3 is 1. The van der Waals surface area contributed by atoms with E-state index in [1.54, 1.807) is 13.0 Å². The summed E-state index contributed by atoms with van der Waals surface area (Å²) in [7, 11) is -0.616. The highest BCUT2D eigenvalue weighted by atomic mass is 32.2. The Morgan fingerprint density at radius 3 is 2.29 bits per heavy atom. The largest absolute Gasteiger partial charge is 0.497 e. The second-order valence-corrected chi connectivity index (χ2v) is 8.11. The molecule has 0 unspecified atom stereocenters. The van der Waals surface area contributed by atoms with Gasteiger partial charge < -0.3 is 14.0 Å². The van der Waals surface area contributed by atoms with Gasteiger partial charge in [0.15, 0.2) is 6.61 Å². The lowest BCUT2D eigenvalue weighted by atomic mass is 10.1. The molecule has 8 nitrogen and oxygen atoms in total. The molecule has 0 amide bonds. The molecule has 0 saturated heterocycles. The molecule has 28 heavy (non-hydrogen) atoms. The van der Waals surface area contributed by atoms with E-state index in [1.807, 2.05) is 18.5 Å². The van der Waals surface area contributed by atoms with E-state index in [4.69, 9.17) is 9.47 Å². The normalized spacial score (nSPS) is 12.5. The minimum atomic E-state index is -3.92. The van der Waals surface area contributed by atoms with Gasteiger partial charge in [-0.25, -0.2) is 8.42 Å². The van der Waals surface area contributed by atoms with E-state index in [-0.39, 0.29) is 10.7 Å². The molecule has 0 bridgehead atoms. The molecule has 0 radical (unpaired) electrons. The number of hydrogen-bond donors (Lipinski definition) is 1. The summed E-state index contributed by atoms with van der Waals surface area (Å²) in [6.07, 6.45) is 0. The zero-order chi connectivity index (χ0) is 21.1. The predicted octanol–water partition coefficient (Wildman–Crippen LogP) is 1.74. The molecule has 0 aliphatic heterocycles. The highest BCUT2D eigenvalue weighted by Crippen LogP contribution is 2.16. The van der Waals surface area contributed by atoms with Crippen LogP contribution in [0.4, 0.5) is 0 Å². The number of hydrogen-bond acceptors (Lipinski definition) is 6. The van der Waals surface area contributed by atoms with Crippen molar-refractivity contribution in [2.24, 2.45) is 7.05 Å². The van der Waals surface area contributed by atoms with Crippen LogP contribution in [0.5, 0.6) is 5.75 Å². The maximum Gasteiger partial charge on any atom is 0.324 e. The number of nitrogens with one attached hydrogen (secondary N) is 1. The second-order valence-electron chi connectivity index (χ2n) is 6.39. The Kier molecular flexibility index (Phi) is 6.63. The lowest BCUT2D eigenvalue weighted by molar-refractivity contribution is -0.144. The predicted molar refractivity (Wildman–Crippen MR) is 103 cm³/mol. The average Bonchev–Trinajstić information content (AvgIpc) is 2.92. The molecule has 2 aromatic rings. The summed E-state index contributed by atoms with van der Waals surface area (Å²) < 4.78 is 38.8. The summed E-state index contributed by atoms with van der Waals surface area (Å²) in [6.45, 7) is 4.56. The maximum absolute atomic E-state index is 12.4. The fraction of sp³-hybridized carbons (Fsp3) is 0.368. The standard InChI is InChI=1S/C19H24N2O6S/c1-12-10-17(14(3)21(12)4)18(22)11-27-19(23)13(2)20-28(24,25)16-8-6-15(26-5)7-9-16/h6-10,13,20H,11H2,1-5H3/t13-/m0/s1. The number of rotatable bonds is 8. The van der Waals surface area contributed by atoms with Crippen LogP contribution in [0.15, 0.2) is 35.2 Å². The highest BCUT2D eigenvalue weighted by Gasteiger charge is 2.24. The van der Waals surface area contributed by atoms with Crippen molar-refractivity contribution < 1.29 is 27.5 Å². The highest BCUT2D eigenvalue weighted by molar-refractivity contribution is 7.89. The number of Topliss-reactive ketones (excluding diaryl/α,β-unsaturated/α-hetero) is 1. The van der Waals surface area contributed by atoms with Gasteiger partial charge in [-0.2, -0.15) is 4.72 Å². The van der Waals surface area contributed by atoms with Gasteiger partial charge >= 0.3 is 5.97 Å². The second kappa shape index (κ2) is 8.57. The van der Waals surface area contributed by atoms with Crippen LogP contribution < -0.4 is 9.46 Å². The summed E-state index contributed by atoms with van der Waals surface area (Å²) in [5.74, 6) is -0.674. The van der Waals surface area contributed by atoms with Crippen LogP contribution in [0.1, 0.15) is 28.7 Å². The lowest BCUT2D eigenvalue weighted by Crippen LogP contribution is -2.40. The molecule has 0 saturated carbocycles. The van der Waals surface area contributed by atoms with Gasteiger partial charge in [-0.1, -0.05) is 0 Å². The number of ether oxygens (including phenoxy) is 2. The van der Waals surface area contributed by atoms with Crippen LogP contribution in [0.25, 0.3) is 0 Å². The molecule has 0 aliphatic rings. The van der Waals surface area contributed by atoms with Gasteiger partial charge in [0, 0.05) is 24.0 Å². The van der Waals surface area contributed by atoms with Gasteiger partial charge in [0.05, 0.1) is 12.0 Å². The fourth-order valence-corrected chi connectivity index (χ4v) is 3.77. The van der Waals surface area contributed by atoms with E-state index in [1.165, 1.54) is 38.3 Å². The Morgan fingerprint density at radius 2 is 1.79 bits per heavy atom. The SMILES string of the molecule is COc1ccc(S(=O)(=O)N[C@@H](C)C(=O)OCC(=O)c2cc(C)n(C)c2C)cc1. The van der Waals surface area contributed by atoms with E-state index in [9.17, 15) is 18.0 Å². The minimum absolute atomic E-state index is 0.0144. The van der Waals surface area contributed by atoms with Gasteiger partial charge in [-0.05, 0) is 51.1 Å². The van der Waals surface area contributed by atoms with Gasteiger partial charge in [-0.3, -0.25) is 9.59 Å². The summed E-state index contributed by atoms with van der Waals surface area (Å²) in [5, 5.41) is 0. The topological polar surface area (TPSA) is 104 Å². The number of aromatic nitrogens is 1. The molecule has 0 fully saturated rings. The Labute approximate surface area is 164 Å². The molecule has 1 heterocycles. The molecule has 1 aromatic carbocycles. The van der Waals surface area contributed by atoms with E-state index < -0.39 is 28.6 Å². The van der Waals surface area contributed by atoms with E-state index in [0.29, 0.717) is 11.3 Å². The Hall–Kier alpha value is -2.65. The monoisotopic (exact) mass is 408 g/mol. The van der Waals surface area contributed by atoms with Crippen LogP contribution in [-0.4, -0.2) is 44.5 Å². The molecule has 0 spiro atoms. The first-order valence-electron chi connectivity index (χ1n) is 8.56. The number of esters is 1. The third-order valence-corrected chi connectivity index (χ3v) is 6.03. The number of carbonyl (C=O) groups is 2. The molecule has 9 heteroatoms. The third-order valence-electron chi connectivity index (χ3n) is 4.48. The Morgan fingerprint density at radius 1 is 1.18 bits per heavy atom. The molecule has 0 aliphatic carbocycles. The number of benzene rings is 1. The zero-order valence-corrected chi connectivity index (χ0v) is 17.3. The number of carbonyl (C=O) groups excluding carboxylic acids is 2. The number of nitrogens with zero attached hydrogens (tertiary/aromatic N) is 1. The van der Waals surface area contributed by atoms with Crippen LogP contribution in [-0.2, 0) is 26.6 Å². The quantitative estimate of drug-likeness (QED) is 0.527. The Bertz CT molecular complexity index is 977. The molecule has 1 aromatic heterocycles. The minimum Gasteiger partial charge on any atom is -0.497 e. The van der Waals surface area contributed by atoms with Crippen molar-refractivity contribution in [3.8, 4) is 5.75 Å². The first-order valence-corrected chi connectivity index (χ1v) is 10.0. The number of sulfonamides is 1. The molecular weight excluding hydrogens is 384 g/mol.